The van der Waals surface area contributed by atoms with Gasteiger partial charge in [-0.25, -0.2) is 22.8 Å². The first kappa shape index (κ1) is 23.0. The van der Waals surface area contributed by atoms with Gasteiger partial charge in [0.15, 0.2) is 5.65 Å². The smallest absolute Gasteiger partial charge is 0.181 e. The van der Waals surface area contributed by atoms with Crippen molar-refractivity contribution in [3.05, 3.63) is 84.7 Å². The van der Waals surface area contributed by atoms with Crippen LogP contribution < -0.4 is 0 Å². The summed E-state index contributed by atoms with van der Waals surface area (Å²) in [6, 6.07) is 14.3. The van der Waals surface area contributed by atoms with E-state index in [0.29, 0.717) is 22.4 Å². The van der Waals surface area contributed by atoms with Crippen LogP contribution in [0.4, 0.5) is 4.39 Å². The van der Waals surface area contributed by atoms with Crippen molar-refractivity contribution in [1.82, 2.24) is 30.1 Å². The molecule has 0 aliphatic heterocycles. The SMILES string of the molecule is CS(=O)(=O)CCc1cc(F)cc(-c2ccnc3[nH]c(-c4[nH]nc5ncc(-c6ccncc6)cc45)cc23)c1. The fourth-order valence-corrected chi connectivity index (χ4v) is 5.08. The summed E-state index contributed by atoms with van der Waals surface area (Å²) < 4.78 is 37.7. The van der Waals surface area contributed by atoms with Gasteiger partial charge in [0, 0.05) is 47.4 Å². The van der Waals surface area contributed by atoms with E-state index in [2.05, 4.69) is 30.1 Å². The molecule has 2 N–H and O–H groups in total. The van der Waals surface area contributed by atoms with Gasteiger partial charge < -0.3 is 4.98 Å². The van der Waals surface area contributed by atoms with Crippen molar-refractivity contribution >= 4 is 31.9 Å². The van der Waals surface area contributed by atoms with E-state index < -0.39 is 15.7 Å². The van der Waals surface area contributed by atoms with Crippen LogP contribution in [-0.2, 0) is 16.3 Å². The quantitative estimate of drug-likeness (QED) is 0.326. The van der Waals surface area contributed by atoms with Crippen molar-refractivity contribution in [3.63, 3.8) is 0 Å². The molecule has 0 atom stereocenters. The Morgan fingerprint density at radius 2 is 1.73 bits per heavy atom. The number of nitrogens with one attached hydrogen (secondary N) is 2. The third kappa shape index (κ3) is 4.58. The van der Waals surface area contributed by atoms with Gasteiger partial charge in [-0.3, -0.25) is 10.1 Å². The molecule has 0 unspecified atom stereocenters. The summed E-state index contributed by atoms with van der Waals surface area (Å²) in [6.07, 6.45) is 8.32. The maximum atomic E-state index is 14.5. The number of aromatic amines is 2. The van der Waals surface area contributed by atoms with Crippen LogP contribution in [0.25, 0.3) is 55.7 Å². The summed E-state index contributed by atoms with van der Waals surface area (Å²) in [5, 5.41) is 9.08. The first-order chi connectivity index (χ1) is 17.8. The predicted octanol–water partition coefficient (Wildman–Crippen LogP) is 4.96. The number of pyridine rings is 3. The normalized spacial score (nSPS) is 11.9. The minimum Gasteiger partial charge on any atom is -0.338 e. The Kier molecular flexibility index (Phi) is 5.53. The minimum absolute atomic E-state index is 0.0433. The largest absolute Gasteiger partial charge is 0.338 e. The maximum absolute atomic E-state index is 14.5. The lowest BCUT2D eigenvalue weighted by Crippen LogP contribution is -2.06. The highest BCUT2D eigenvalue weighted by Crippen LogP contribution is 2.34. The summed E-state index contributed by atoms with van der Waals surface area (Å²) in [4.78, 5) is 16.4. The molecule has 0 radical (unpaired) electrons. The number of sulfone groups is 1. The molecule has 10 heteroatoms. The van der Waals surface area contributed by atoms with Gasteiger partial charge in [0.1, 0.15) is 21.3 Å². The lowest BCUT2D eigenvalue weighted by Gasteiger charge is -2.07. The predicted molar refractivity (Wildman–Crippen MR) is 141 cm³/mol. The number of aromatic nitrogens is 6. The average molecular weight is 513 g/mol. The van der Waals surface area contributed by atoms with Gasteiger partial charge in [-0.1, -0.05) is 6.07 Å². The molecule has 1 aromatic carbocycles. The van der Waals surface area contributed by atoms with Gasteiger partial charge in [0.05, 0.1) is 17.1 Å². The summed E-state index contributed by atoms with van der Waals surface area (Å²) in [6.45, 7) is 0. The van der Waals surface area contributed by atoms with E-state index in [-0.39, 0.29) is 12.2 Å². The van der Waals surface area contributed by atoms with Crippen molar-refractivity contribution in [3.8, 4) is 33.6 Å². The molecule has 0 bridgehead atoms. The second-order valence-corrected chi connectivity index (χ2v) is 11.2. The van der Waals surface area contributed by atoms with E-state index in [9.17, 15) is 12.8 Å². The first-order valence-electron chi connectivity index (χ1n) is 11.5. The number of rotatable bonds is 6. The van der Waals surface area contributed by atoms with E-state index in [1.165, 1.54) is 18.4 Å². The second-order valence-electron chi connectivity index (χ2n) is 8.96. The van der Waals surface area contributed by atoms with E-state index >= 15 is 0 Å². The van der Waals surface area contributed by atoms with Crippen LogP contribution in [0.5, 0.6) is 0 Å². The van der Waals surface area contributed by atoms with Crippen LogP contribution in [0.1, 0.15) is 5.56 Å². The molecule has 6 rings (SSSR count). The van der Waals surface area contributed by atoms with E-state index in [1.807, 2.05) is 36.4 Å². The number of hydrogen-bond acceptors (Lipinski definition) is 6. The number of hydrogen-bond donors (Lipinski definition) is 2. The molecule has 5 heterocycles. The van der Waals surface area contributed by atoms with Crippen LogP contribution >= 0.6 is 0 Å². The zero-order valence-electron chi connectivity index (χ0n) is 19.7. The van der Waals surface area contributed by atoms with Gasteiger partial charge in [0.25, 0.3) is 0 Å². The van der Waals surface area contributed by atoms with Crippen molar-refractivity contribution < 1.29 is 12.8 Å². The molecule has 0 aliphatic carbocycles. The molecule has 0 saturated carbocycles. The minimum atomic E-state index is -3.16. The fraction of sp³-hybridized carbons (Fsp3) is 0.111. The van der Waals surface area contributed by atoms with Gasteiger partial charge in [-0.15, -0.1) is 0 Å². The summed E-state index contributed by atoms with van der Waals surface area (Å²) in [5.41, 5.74) is 6.73. The number of halogens is 1. The Bertz CT molecular complexity index is 1880. The molecule has 8 nitrogen and oxygen atoms in total. The maximum Gasteiger partial charge on any atom is 0.181 e. The molecule has 0 fully saturated rings. The van der Waals surface area contributed by atoms with E-state index in [4.69, 9.17) is 0 Å². The lowest BCUT2D eigenvalue weighted by atomic mass is 10.00. The molecule has 6 aromatic rings. The van der Waals surface area contributed by atoms with Crippen molar-refractivity contribution in [1.29, 1.82) is 0 Å². The lowest BCUT2D eigenvalue weighted by molar-refractivity contribution is 0.600. The number of aryl methyl sites for hydroxylation is 1. The number of fused-ring (bicyclic) bond motifs is 2. The molecule has 0 spiro atoms. The van der Waals surface area contributed by atoms with Crippen molar-refractivity contribution in [2.45, 2.75) is 6.42 Å². The van der Waals surface area contributed by atoms with Crippen LogP contribution in [-0.4, -0.2) is 50.6 Å². The van der Waals surface area contributed by atoms with Crippen LogP contribution in [0.2, 0.25) is 0 Å². The Morgan fingerprint density at radius 1 is 0.892 bits per heavy atom. The molecular formula is C27H21FN6O2S. The van der Waals surface area contributed by atoms with Crippen LogP contribution in [0, 0.1) is 5.82 Å². The highest BCUT2D eigenvalue weighted by Gasteiger charge is 2.16. The van der Waals surface area contributed by atoms with Gasteiger partial charge >= 0.3 is 0 Å². The molecule has 0 saturated heterocycles. The monoisotopic (exact) mass is 512 g/mol. The highest BCUT2D eigenvalue weighted by atomic mass is 32.2. The Balaban J connectivity index is 1.44. The van der Waals surface area contributed by atoms with Crippen LogP contribution in [0.15, 0.2) is 73.3 Å². The summed E-state index contributed by atoms with van der Waals surface area (Å²) in [5.74, 6) is -0.464. The Labute approximate surface area is 211 Å². The third-order valence-corrected chi connectivity index (χ3v) is 7.20. The fourth-order valence-electron chi connectivity index (χ4n) is 4.47. The van der Waals surface area contributed by atoms with Crippen molar-refractivity contribution in [2.75, 3.05) is 12.0 Å². The molecule has 0 amide bonds. The van der Waals surface area contributed by atoms with Gasteiger partial charge in [0.2, 0.25) is 0 Å². The average Bonchev–Trinajstić information content (AvgIpc) is 3.51. The Hall–Kier alpha value is -4.44. The molecule has 184 valence electrons. The molecule has 37 heavy (non-hydrogen) atoms. The number of nitrogens with zero attached hydrogens (tertiary/aromatic N) is 4. The zero-order chi connectivity index (χ0) is 25.6. The molecule has 5 aromatic heterocycles. The Morgan fingerprint density at radius 3 is 2.54 bits per heavy atom. The van der Waals surface area contributed by atoms with E-state index in [0.717, 1.165) is 38.9 Å². The van der Waals surface area contributed by atoms with Gasteiger partial charge in [-0.2, -0.15) is 5.10 Å². The van der Waals surface area contributed by atoms with Crippen molar-refractivity contribution in [2.24, 2.45) is 0 Å². The number of benzene rings is 1. The standard InChI is InChI=1S/C27H21FN6O2S/c1-37(35,36)9-5-16-10-18(12-20(28)11-16)21-4-8-30-26-22(21)14-24(32-26)25-23-13-19(15-31-27(23)34-33-25)17-2-6-29-7-3-17/h2-4,6-8,10-15H,5,9H2,1H3,(H,30,32)(H,31,33,34). The molecular weight excluding hydrogens is 491 g/mol. The van der Waals surface area contributed by atoms with Gasteiger partial charge in [-0.05, 0) is 71.1 Å². The van der Waals surface area contributed by atoms with Crippen LogP contribution in [0.3, 0.4) is 0 Å². The van der Waals surface area contributed by atoms with E-state index in [1.54, 1.807) is 24.8 Å². The molecule has 0 aliphatic rings. The second kappa shape index (κ2) is 8.90. The topological polar surface area (TPSA) is 117 Å². The zero-order valence-corrected chi connectivity index (χ0v) is 20.6. The highest BCUT2D eigenvalue weighted by molar-refractivity contribution is 7.90. The summed E-state index contributed by atoms with van der Waals surface area (Å²) in [7, 11) is -3.16. The first-order valence-corrected chi connectivity index (χ1v) is 13.6. The summed E-state index contributed by atoms with van der Waals surface area (Å²) >= 11 is 0. The third-order valence-electron chi connectivity index (χ3n) is 6.25. The number of H-pyrrole nitrogens is 2.